The van der Waals surface area contributed by atoms with Gasteiger partial charge >= 0.3 is 0 Å². The largest absolute Gasteiger partial charge is 0.234 e. The molecule has 0 aliphatic rings. The van der Waals surface area contributed by atoms with Crippen molar-refractivity contribution in [2.45, 2.75) is 32.1 Å². The van der Waals surface area contributed by atoms with E-state index < -0.39 is 0 Å². The normalized spacial score (nSPS) is 8.40. The van der Waals surface area contributed by atoms with Crippen LogP contribution in [-0.2, 0) is 4.79 Å². The summed E-state index contributed by atoms with van der Waals surface area (Å²) >= 11 is 0. The zero-order valence-corrected chi connectivity index (χ0v) is 6.18. The first kappa shape index (κ1) is 9.19. The molecule has 10 heavy (non-hydrogen) atoms. The lowest BCUT2D eigenvalue weighted by atomic mass is 10.1. The van der Waals surface area contributed by atoms with Crippen molar-refractivity contribution >= 4 is 5.94 Å². The second-order valence-electron chi connectivity index (χ2n) is 2.20. The van der Waals surface area contributed by atoms with Crippen LogP contribution >= 0.6 is 0 Å². The maximum atomic E-state index is 9.69. The van der Waals surface area contributed by atoms with Crippen molar-refractivity contribution in [3.05, 3.63) is 18.7 Å². The van der Waals surface area contributed by atoms with Gasteiger partial charge in [0.25, 0.3) is 0 Å². The summed E-state index contributed by atoms with van der Waals surface area (Å²) < 4.78 is 0. The third-order valence-corrected chi connectivity index (χ3v) is 1.30. The van der Waals surface area contributed by atoms with Crippen molar-refractivity contribution in [1.29, 1.82) is 0 Å². The van der Waals surface area contributed by atoms with Gasteiger partial charge in [0, 0.05) is 0 Å². The summed E-state index contributed by atoms with van der Waals surface area (Å²) in [5, 5.41) is 0. The van der Waals surface area contributed by atoms with Crippen LogP contribution in [0.1, 0.15) is 32.1 Å². The second kappa shape index (κ2) is 8.19. The molecule has 0 aromatic rings. The highest BCUT2D eigenvalue weighted by Gasteiger charge is 1.84. The van der Waals surface area contributed by atoms with Gasteiger partial charge in [-0.2, -0.15) is 0 Å². The Kier molecular flexibility index (Phi) is 7.53. The van der Waals surface area contributed by atoms with Crippen LogP contribution in [-0.4, -0.2) is 5.94 Å². The third kappa shape index (κ3) is 7.19. The van der Waals surface area contributed by atoms with Gasteiger partial charge in [0.05, 0.1) is 0 Å². The monoisotopic (exact) mass is 137 g/mol. The van der Waals surface area contributed by atoms with E-state index in [9.17, 15) is 4.79 Å². The summed E-state index contributed by atoms with van der Waals surface area (Å²) in [7, 11) is 0. The minimum atomic E-state index is 0.855. The van der Waals surface area contributed by atoms with E-state index in [2.05, 4.69) is 0 Å². The van der Waals surface area contributed by atoms with Crippen LogP contribution in [0.3, 0.4) is 0 Å². The van der Waals surface area contributed by atoms with E-state index in [1.54, 1.807) is 12.0 Å². The molecule has 0 rings (SSSR count). The average Bonchev–Trinajstić information content (AvgIpc) is 1.97. The molecule has 0 bridgehead atoms. The molecule has 0 saturated carbocycles. The first-order valence-electron chi connectivity index (χ1n) is 3.64. The van der Waals surface area contributed by atoms with Gasteiger partial charge in [0.15, 0.2) is 0 Å². The number of allylic oxidation sites excluding steroid dienone is 2. The van der Waals surface area contributed by atoms with Crippen LogP contribution in [0.25, 0.3) is 0 Å². The van der Waals surface area contributed by atoms with Crippen LogP contribution in [0.15, 0.2) is 12.2 Å². The van der Waals surface area contributed by atoms with E-state index in [4.69, 9.17) is 6.58 Å². The Morgan fingerprint density at radius 2 is 1.90 bits per heavy atom. The summed E-state index contributed by atoms with van der Waals surface area (Å²) in [6, 6.07) is 0. The molecular formula is C9H13O. The second-order valence-corrected chi connectivity index (χ2v) is 2.20. The SMILES string of the molecule is [CH]=CCCCCCC=C=O. The zero-order valence-electron chi connectivity index (χ0n) is 6.18. The van der Waals surface area contributed by atoms with Gasteiger partial charge in [-0.3, -0.25) is 0 Å². The number of carbonyl (C=O) groups excluding carboxylic acids is 1. The van der Waals surface area contributed by atoms with Crippen LogP contribution in [0.5, 0.6) is 0 Å². The lowest BCUT2D eigenvalue weighted by Gasteiger charge is -1.92. The van der Waals surface area contributed by atoms with Gasteiger partial charge in [-0.1, -0.05) is 19.1 Å². The average molecular weight is 137 g/mol. The molecule has 0 saturated heterocycles. The predicted octanol–water partition coefficient (Wildman–Crippen LogP) is 2.31. The highest BCUT2D eigenvalue weighted by Crippen LogP contribution is 2.02. The molecule has 55 valence electrons. The van der Waals surface area contributed by atoms with Gasteiger partial charge in [-0.05, 0) is 31.8 Å². The Morgan fingerprint density at radius 3 is 2.50 bits per heavy atom. The Hall–Kier alpha value is -0.810. The number of hydrogen-bond donors (Lipinski definition) is 0. The van der Waals surface area contributed by atoms with E-state index in [1.165, 1.54) is 6.08 Å². The van der Waals surface area contributed by atoms with E-state index in [0.29, 0.717) is 0 Å². The Labute approximate surface area is 62.4 Å². The third-order valence-electron chi connectivity index (χ3n) is 1.30. The molecule has 0 aliphatic carbocycles. The molecule has 0 aromatic carbocycles. The number of hydrogen-bond acceptors (Lipinski definition) is 1. The van der Waals surface area contributed by atoms with E-state index >= 15 is 0 Å². The quantitative estimate of drug-likeness (QED) is 0.405. The highest BCUT2D eigenvalue weighted by atomic mass is 16.1. The lowest BCUT2D eigenvalue weighted by Crippen LogP contribution is -1.73. The molecule has 0 atom stereocenters. The van der Waals surface area contributed by atoms with Crippen molar-refractivity contribution in [2.24, 2.45) is 0 Å². The summed E-state index contributed by atoms with van der Waals surface area (Å²) in [5.74, 6) is 1.75. The molecule has 0 fully saturated rings. The maximum Gasteiger partial charge on any atom is 0.120 e. The fourth-order valence-corrected chi connectivity index (χ4v) is 0.744. The lowest BCUT2D eigenvalue weighted by molar-refractivity contribution is 0.567. The maximum absolute atomic E-state index is 9.69. The van der Waals surface area contributed by atoms with Crippen LogP contribution in [0.4, 0.5) is 0 Å². The molecule has 1 radical (unpaired) electrons. The van der Waals surface area contributed by atoms with Crippen molar-refractivity contribution in [1.82, 2.24) is 0 Å². The summed E-state index contributed by atoms with van der Waals surface area (Å²) in [4.78, 5) is 9.69. The van der Waals surface area contributed by atoms with Gasteiger partial charge in [-0.25, -0.2) is 4.79 Å². The first-order valence-corrected chi connectivity index (χ1v) is 3.64. The zero-order chi connectivity index (χ0) is 7.66. The Morgan fingerprint density at radius 1 is 1.20 bits per heavy atom. The molecule has 0 heterocycles. The van der Waals surface area contributed by atoms with Gasteiger partial charge < -0.3 is 0 Å². The fourth-order valence-electron chi connectivity index (χ4n) is 0.744. The van der Waals surface area contributed by atoms with Gasteiger partial charge in [0.2, 0.25) is 0 Å². The summed E-state index contributed by atoms with van der Waals surface area (Å²) in [6.45, 7) is 5.17. The number of rotatable bonds is 6. The molecular weight excluding hydrogens is 124 g/mol. The van der Waals surface area contributed by atoms with Crippen molar-refractivity contribution in [3.63, 3.8) is 0 Å². The minimum absolute atomic E-state index is 0.855. The fraction of sp³-hybridized carbons (Fsp3) is 0.556. The molecule has 1 nitrogen and oxygen atoms in total. The van der Waals surface area contributed by atoms with E-state index in [-0.39, 0.29) is 0 Å². The van der Waals surface area contributed by atoms with Crippen LogP contribution in [0.2, 0.25) is 0 Å². The van der Waals surface area contributed by atoms with E-state index in [1.807, 2.05) is 0 Å². The standard InChI is InChI=1S/C9H13O/c1-2-3-4-5-6-7-8-9-10/h1-2,8H,3-7H2. The van der Waals surface area contributed by atoms with Crippen molar-refractivity contribution < 1.29 is 4.79 Å². The summed E-state index contributed by atoms with van der Waals surface area (Å²) in [5.41, 5.74) is 0. The highest BCUT2D eigenvalue weighted by molar-refractivity contribution is 5.44. The molecule has 0 aliphatic heterocycles. The number of unbranched alkanes of at least 4 members (excludes halogenated alkanes) is 4. The molecule has 0 aromatic heterocycles. The van der Waals surface area contributed by atoms with Crippen LogP contribution in [0, 0.1) is 6.58 Å². The van der Waals surface area contributed by atoms with Gasteiger partial charge in [0.1, 0.15) is 5.94 Å². The predicted molar refractivity (Wildman–Crippen MR) is 42.2 cm³/mol. The van der Waals surface area contributed by atoms with Crippen LogP contribution < -0.4 is 0 Å². The molecule has 0 unspecified atom stereocenters. The molecule has 0 spiro atoms. The molecule has 0 N–H and O–H groups in total. The Balaban J connectivity index is 2.90. The topological polar surface area (TPSA) is 17.1 Å². The van der Waals surface area contributed by atoms with Crippen molar-refractivity contribution in [3.8, 4) is 0 Å². The van der Waals surface area contributed by atoms with Gasteiger partial charge in [-0.15, -0.1) is 0 Å². The summed E-state index contributed by atoms with van der Waals surface area (Å²) in [6.07, 6.45) is 8.39. The Bertz CT molecular complexity index is 121. The van der Waals surface area contributed by atoms with E-state index in [0.717, 1.165) is 32.1 Å². The van der Waals surface area contributed by atoms with Crippen molar-refractivity contribution in [2.75, 3.05) is 0 Å². The molecule has 0 amide bonds. The smallest absolute Gasteiger partial charge is 0.120 e. The first-order chi connectivity index (χ1) is 4.91. The minimum Gasteiger partial charge on any atom is -0.234 e. The molecule has 1 heteroatoms.